The number of halogens is 1. The zero-order valence-corrected chi connectivity index (χ0v) is 24.4. The van der Waals surface area contributed by atoms with E-state index in [1.54, 1.807) is 61.6 Å². The Morgan fingerprint density at radius 3 is 2.16 bits per heavy atom. The SMILES string of the molecule is CCCCN(CCCC)CCCN1C(=O)C(=O)C(=C(O)c2ccc(Br)cc2)[C@@H]1c1cc(OC)ccc1OC. The maximum atomic E-state index is 13.4. The molecule has 0 spiro atoms. The van der Waals surface area contributed by atoms with Gasteiger partial charge in [0, 0.05) is 22.1 Å². The van der Waals surface area contributed by atoms with E-state index in [1.807, 2.05) is 0 Å². The number of nitrogens with zero attached hydrogens (tertiary/aromatic N) is 2. The molecule has 0 radical (unpaired) electrons. The van der Waals surface area contributed by atoms with E-state index in [0.29, 0.717) is 35.6 Å². The number of methoxy groups -OCH3 is 2. The summed E-state index contributed by atoms with van der Waals surface area (Å²) in [5.41, 5.74) is 1.11. The van der Waals surface area contributed by atoms with Crippen LogP contribution in [0.15, 0.2) is 52.5 Å². The third kappa shape index (κ3) is 6.97. The molecule has 0 aliphatic carbocycles. The summed E-state index contributed by atoms with van der Waals surface area (Å²) in [5, 5.41) is 11.3. The lowest BCUT2D eigenvalue weighted by atomic mass is 9.94. The van der Waals surface area contributed by atoms with Crippen LogP contribution in [0, 0.1) is 0 Å². The summed E-state index contributed by atoms with van der Waals surface area (Å²) in [6.45, 7) is 7.62. The second-order valence-corrected chi connectivity index (χ2v) is 10.4. The molecule has 7 nitrogen and oxygen atoms in total. The highest BCUT2D eigenvalue weighted by atomic mass is 79.9. The summed E-state index contributed by atoms with van der Waals surface area (Å²) >= 11 is 3.40. The van der Waals surface area contributed by atoms with E-state index in [4.69, 9.17) is 9.47 Å². The Morgan fingerprint density at radius 2 is 1.58 bits per heavy atom. The van der Waals surface area contributed by atoms with Gasteiger partial charge in [-0.2, -0.15) is 0 Å². The molecule has 1 N–H and O–H groups in total. The molecule has 0 unspecified atom stereocenters. The van der Waals surface area contributed by atoms with Crippen LogP contribution < -0.4 is 9.47 Å². The first-order valence-corrected chi connectivity index (χ1v) is 14.1. The van der Waals surface area contributed by atoms with E-state index in [-0.39, 0.29) is 11.3 Å². The second kappa shape index (κ2) is 14.4. The van der Waals surface area contributed by atoms with Gasteiger partial charge in [-0.3, -0.25) is 9.59 Å². The van der Waals surface area contributed by atoms with Crippen molar-refractivity contribution in [1.82, 2.24) is 9.80 Å². The number of hydrogen-bond acceptors (Lipinski definition) is 6. The van der Waals surface area contributed by atoms with Gasteiger partial charge in [-0.1, -0.05) is 54.8 Å². The van der Waals surface area contributed by atoms with Gasteiger partial charge < -0.3 is 24.4 Å². The van der Waals surface area contributed by atoms with Crippen molar-refractivity contribution in [2.24, 2.45) is 0 Å². The fraction of sp³-hybridized carbons (Fsp3) is 0.467. The van der Waals surface area contributed by atoms with Gasteiger partial charge in [0.2, 0.25) is 0 Å². The first kappa shape index (κ1) is 29.7. The monoisotopic (exact) mass is 586 g/mol. The molecule has 206 valence electrons. The van der Waals surface area contributed by atoms with Crippen molar-refractivity contribution in [3.63, 3.8) is 0 Å². The summed E-state index contributed by atoms with van der Waals surface area (Å²) in [4.78, 5) is 30.8. The van der Waals surface area contributed by atoms with Crippen molar-refractivity contribution in [3.8, 4) is 11.5 Å². The maximum Gasteiger partial charge on any atom is 0.295 e. The van der Waals surface area contributed by atoms with E-state index in [1.165, 1.54) is 0 Å². The summed E-state index contributed by atoms with van der Waals surface area (Å²) in [6.07, 6.45) is 5.22. The fourth-order valence-corrected chi connectivity index (χ4v) is 5.08. The average Bonchev–Trinajstić information content (AvgIpc) is 3.18. The average molecular weight is 588 g/mol. The number of likely N-dealkylation sites (tertiary alicyclic amines) is 1. The topological polar surface area (TPSA) is 79.3 Å². The van der Waals surface area contributed by atoms with Gasteiger partial charge in [-0.15, -0.1) is 0 Å². The number of aliphatic hydroxyl groups excluding tert-OH is 1. The molecule has 1 aliphatic heterocycles. The molecule has 0 aromatic heterocycles. The highest BCUT2D eigenvalue weighted by Crippen LogP contribution is 2.44. The van der Waals surface area contributed by atoms with E-state index in [9.17, 15) is 14.7 Å². The number of ether oxygens (including phenoxy) is 2. The molecule has 0 bridgehead atoms. The van der Waals surface area contributed by atoms with Crippen molar-refractivity contribution in [2.75, 3.05) is 40.4 Å². The van der Waals surface area contributed by atoms with Crippen LogP contribution in [-0.2, 0) is 9.59 Å². The minimum Gasteiger partial charge on any atom is -0.507 e. The van der Waals surface area contributed by atoms with E-state index >= 15 is 0 Å². The largest absolute Gasteiger partial charge is 0.507 e. The highest BCUT2D eigenvalue weighted by molar-refractivity contribution is 9.10. The lowest BCUT2D eigenvalue weighted by Gasteiger charge is -2.28. The molecule has 0 saturated carbocycles. The molecule has 1 fully saturated rings. The van der Waals surface area contributed by atoms with Gasteiger partial charge in [-0.25, -0.2) is 0 Å². The minimum absolute atomic E-state index is 0.0534. The molecule has 1 heterocycles. The Morgan fingerprint density at radius 1 is 0.947 bits per heavy atom. The zero-order chi connectivity index (χ0) is 27.7. The number of rotatable bonds is 14. The van der Waals surface area contributed by atoms with Gasteiger partial charge in [-0.05, 0) is 69.2 Å². The van der Waals surface area contributed by atoms with E-state index < -0.39 is 17.7 Å². The van der Waals surface area contributed by atoms with Crippen LogP contribution >= 0.6 is 15.9 Å². The van der Waals surface area contributed by atoms with Crippen molar-refractivity contribution in [1.29, 1.82) is 0 Å². The van der Waals surface area contributed by atoms with Gasteiger partial charge in [0.05, 0.1) is 25.8 Å². The first-order chi connectivity index (χ1) is 18.4. The number of carbonyl (C=O) groups excluding carboxylic acids is 2. The molecule has 38 heavy (non-hydrogen) atoms. The Bertz CT molecular complexity index is 1120. The summed E-state index contributed by atoms with van der Waals surface area (Å²) in [6, 6.07) is 11.5. The molecular weight excluding hydrogens is 548 g/mol. The fourth-order valence-electron chi connectivity index (χ4n) is 4.81. The van der Waals surface area contributed by atoms with Crippen LogP contribution in [0.1, 0.15) is 63.1 Å². The minimum atomic E-state index is -0.802. The number of hydrogen-bond donors (Lipinski definition) is 1. The quantitative estimate of drug-likeness (QED) is 0.162. The zero-order valence-electron chi connectivity index (χ0n) is 22.8. The van der Waals surface area contributed by atoms with Crippen LogP contribution in [0.25, 0.3) is 5.76 Å². The van der Waals surface area contributed by atoms with Crippen molar-refractivity contribution in [3.05, 3.63) is 63.6 Å². The van der Waals surface area contributed by atoms with Gasteiger partial charge >= 0.3 is 0 Å². The van der Waals surface area contributed by atoms with Crippen LogP contribution in [0.4, 0.5) is 0 Å². The molecule has 3 rings (SSSR count). The number of aliphatic hydroxyl groups is 1. The van der Waals surface area contributed by atoms with Crippen LogP contribution in [-0.4, -0.2) is 67.0 Å². The molecule has 2 aromatic rings. The van der Waals surface area contributed by atoms with Crippen LogP contribution in [0.5, 0.6) is 11.5 Å². The Kier molecular flexibility index (Phi) is 11.2. The molecule has 2 aromatic carbocycles. The van der Waals surface area contributed by atoms with Crippen LogP contribution in [0.2, 0.25) is 0 Å². The predicted octanol–water partition coefficient (Wildman–Crippen LogP) is 6.18. The highest BCUT2D eigenvalue weighted by Gasteiger charge is 2.47. The number of benzene rings is 2. The van der Waals surface area contributed by atoms with Gasteiger partial charge in [0.1, 0.15) is 17.3 Å². The molecule has 1 amide bonds. The van der Waals surface area contributed by atoms with Gasteiger partial charge in [0.25, 0.3) is 11.7 Å². The van der Waals surface area contributed by atoms with Crippen molar-refractivity contribution < 1.29 is 24.2 Å². The van der Waals surface area contributed by atoms with Gasteiger partial charge in [0.15, 0.2) is 0 Å². The first-order valence-electron chi connectivity index (χ1n) is 13.3. The third-order valence-corrected chi connectivity index (χ3v) is 7.45. The van der Waals surface area contributed by atoms with E-state index in [2.05, 4.69) is 34.7 Å². The van der Waals surface area contributed by atoms with Crippen molar-refractivity contribution >= 4 is 33.4 Å². The number of ketones is 1. The number of amides is 1. The molecule has 1 saturated heterocycles. The second-order valence-electron chi connectivity index (χ2n) is 9.51. The van der Waals surface area contributed by atoms with E-state index in [0.717, 1.165) is 49.8 Å². The predicted molar refractivity (Wildman–Crippen MR) is 154 cm³/mol. The lowest BCUT2D eigenvalue weighted by Crippen LogP contribution is -2.34. The van der Waals surface area contributed by atoms with Crippen LogP contribution in [0.3, 0.4) is 0 Å². The Labute approximate surface area is 234 Å². The summed E-state index contributed by atoms with van der Waals surface area (Å²) < 4.78 is 11.9. The molecule has 1 atom stereocenters. The van der Waals surface area contributed by atoms with Crippen molar-refractivity contribution in [2.45, 2.75) is 52.0 Å². The number of Topliss-reactive ketones (excluding diaryl/α,β-unsaturated/α-hetero) is 1. The summed E-state index contributed by atoms with van der Waals surface area (Å²) in [7, 11) is 3.11. The standard InChI is InChI=1S/C30H39BrN2O5/c1-5-7-16-32(17-8-6-2)18-9-19-33-27(24-20-23(37-3)14-15-25(24)38-4)26(29(35)30(33)36)28(34)21-10-12-22(31)13-11-21/h10-15,20,27,34H,5-9,16-19H2,1-4H3/t27-/m0/s1. The normalized spacial score (nSPS) is 16.9. The molecule has 8 heteroatoms. The third-order valence-electron chi connectivity index (χ3n) is 6.92. The Hall–Kier alpha value is -2.84. The lowest BCUT2D eigenvalue weighted by molar-refractivity contribution is -0.140. The molecule has 1 aliphatic rings. The maximum absolute atomic E-state index is 13.4. The Balaban J connectivity index is 2.02. The number of carbonyl (C=O) groups is 2. The summed E-state index contributed by atoms with van der Waals surface area (Å²) in [5.74, 6) is -0.445. The molecular formula is C30H39BrN2O5. The number of unbranched alkanes of at least 4 members (excludes halogenated alkanes) is 2. The smallest absolute Gasteiger partial charge is 0.295 e.